The Kier molecular flexibility index (Phi) is 5.46. The molecule has 1 aromatic heterocycles. The number of rotatable bonds is 7. The van der Waals surface area contributed by atoms with E-state index in [4.69, 9.17) is 0 Å². The van der Waals surface area contributed by atoms with Gasteiger partial charge < -0.3 is 4.57 Å². The van der Waals surface area contributed by atoms with Crippen molar-refractivity contribution in [2.24, 2.45) is 0 Å². The topological polar surface area (TPSA) is 76.9 Å². The van der Waals surface area contributed by atoms with Crippen molar-refractivity contribution in [2.75, 3.05) is 6.54 Å². The lowest BCUT2D eigenvalue weighted by Crippen LogP contribution is -2.24. The van der Waals surface area contributed by atoms with Crippen LogP contribution in [0.25, 0.3) is 6.08 Å². The summed E-state index contributed by atoms with van der Waals surface area (Å²) in [6.07, 6.45) is 3.72. The lowest BCUT2D eigenvalue weighted by Gasteiger charge is -2.09. The van der Waals surface area contributed by atoms with E-state index in [0.717, 1.165) is 11.4 Å². The number of aromatic nitrogens is 3. The van der Waals surface area contributed by atoms with Crippen LogP contribution >= 0.6 is 0 Å². The van der Waals surface area contributed by atoms with Gasteiger partial charge in [0.2, 0.25) is 10.0 Å². The van der Waals surface area contributed by atoms with Crippen molar-refractivity contribution >= 4 is 16.1 Å². The Balaban J connectivity index is 1.90. The average molecular weight is 320 g/mol. The van der Waals surface area contributed by atoms with E-state index in [-0.39, 0.29) is 12.6 Å². The van der Waals surface area contributed by atoms with Gasteiger partial charge >= 0.3 is 0 Å². The molecule has 1 N–H and O–H groups in total. The molecule has 1 aromatic carbocycles. The van der Waals surface area contributed by atoms with E-state index in [2.05, 4.69) is 14.9 Å². The fraction of sp³-hybridized carbons (Fsp3) is 0.333. The average Bonchev–Trinajstić information content (AvgIpc) is 2.95. The van der Waals surface area contributed by atoms with E-state index in [1.165, 1.54) is 5.41 Å². The summed E-state index contributed by atoms with van der Waals surface area (Å²) in [6, 6.07) is 9.54. The number of hydrogen-bond acceptors (Lipinski definition) is 4. The van der Waals surface area contributed by atoms with Crippen LogP contribution in [0, 0.1) is 0 Å². The number of nitrogens with zero attached hydrogens (tertiary/aromatic N) is 3. The summed E-state index contributed by atoms with van der Waals surface area (Å²) in [5.74, 6) is 0.768. The molecule has 0 unspecified atom stereocenters. The van der Waals surface area contributed by atoms with Crippen LogP contribution in [0.4, 0.5) is 0 Å². The number of hydrogen-bond donors (Lipinski definition) is 1. The number of benzene rings is 1. The van der Waals surface area contributed by atoms with Gasteiger partial charge in [0.1, 0.15) is 12.2 Å². The van der Waals surface area contributed by atoms with Crippen LogP contribution in [-0.2, 0) is 16.4 Å². The minimum Gasteiger partial charge on any atom is -0.315 e. The number of sulfonamides is 1. The van der Waals surface area contributed by atoms with Gasteiger partial charge in [0.15, 0.2) is 0 Å². The largest absolute Gasteiger partial charge is 0.315 e. The van der Waals surface area contributed by atoms with Gasteiger partial charge in [0.25, 0.3) is 0 Å². The molecular weight excluding hydrogens is 300 g/mol. The molecule has 1 heterocycles. The third kappa shape index (κ3) is 4.78. The summed E-state index contributed by atoms with van der Waals surface area (Å²) < 4.78 is 28.3. The minimum atomic E-state index is -3.45. The van der Waals surface area contributed by atoms with Crippen molar-refractivity contribution in [3.63, 3.8) is 0 Å². The molecule has 0 aliphatic rings. The van der Waals surface area contributed by atoms with Crippen molar-refractivity contribution in [2.45, 2.75) is 26.3 Å². The predicted molar refractivity (Wildman–Crippen MR) is 86.5 cm³/mol. The van der Waals surface area contributed by atoms with Crippen LogP contribution < -0.4 is 4.72 Å². The van der Waals surface area contributed by atoms with Crippen molar-refractivity contribution in [1.29, 1.82) is 0 Å². The minimum absolute atomic E-state index is 0.250. The molecule has 0 fully saturated rings. The summed E-state index contributed by atoms with van der Waals surface area (Å²) in [5.41, 5.74) is 0.840. The van der Waals surface area contributed by atoms with Gasteiger partial charge in [0, 0.05) is 24.4 Å². The Morgan fingerprint density at radius 2 is 2.00 bits per heavy atom. The van der Waals surface area contributed by atoms with E-state index in [0.29, 0.717) is 6.42 Å². The lowest BCUT2D eigenvalue weighted by molar-refractivity contribution is 0.560. The molecule has 0 saturated carbocycles. The standard InChI is InChI=1S/C15H20N4O2S/c1-13(2)19-12-16-18-15(19)8-10-17-22(20,21)11-9-14-6-4-3-5-7-14/h3-7,9,11-13,17H,8,10H2,1-2H3. The highest BCUT2D eigenvalue weighted by molar-refractivity contribution is 7.92. The Morgan fingerprint density at radius 1 is 1.27 bits per heavy atom. The zero-order valence-corrected chi connectivity index (χ0v) is 13.5. The quantitative estimate of drug-likeness (QED) is 0.846. The first-order valence-electron chi connectivity index (χ1n) is 7.09. The van der Waals surface area contributed by atoms with Crippen molar-refractivity contribution in [3.8, 4) is 0 Å². The zero-order valence-electron chi connectivity index (χ0n) is 12.7. The summed E-state index contributed by atoms with van der Waals surface area (Å²) in [6.45, 7) is 4.34. The molecule has 0 amide bonds. The Labute approximate surface area is 130 Å². The number of nitrogens with one attached hydrogen (secondary N) is 1. The fourth-order valence-electron chi connectivity index (χ4n) is 1.96. The lowest BCUT2D eigenvalue weighted by atomic mass is 10.2. The third-order valence-electron chi connectivity index (χ3n) is 3.09. The molecule has 2 rings (SSSR count). The van der Waals surface area contributed by atoms with Crippen molar-refractivity contribution < 1.29 is 8.42 Å². The highest BCUT2D eigenvalue weighted by Gasteiger charge is 2.09. The first-order chi connectivity index (χ1) is 10.5. The van der Waals surface area contributed by atoms with Gasteiger partial charge in [-0.25, -0.2) is 13.1 Å². The zero-order chi connectivity index (χ0) is 16.0. The second-order valence-electron chi connectivity index (χ2n) is 5.15. The molecule has 7 heteroatoms. The van der Waals surface area contributed by atoms with Crippen molar-refractivity contribution in [1.82, 2.24) is 19.5 Å². The molecule has 0 aliphatic carbocycles. The van der Waals surface area contributed by atoms with Gasteiger partial charge in [-0.3, -0.25) is 0 Å². The first kappa shape index (κ1) is 16.4. The van der Waals surface area contributed by atoms with E-state index < -0.39 is 10.0 Å². The third-order valence-corrected chi connectivity index (χ3v) is 4.20. The van der Waals surface area contributed by atoms with Gasteiger partial charge in [0.05, 0.1) is 0 Å². The second-order valence-corrected chi connectivity index (χ2v) is 6.80. The molecule has 0 aliphatic heterocycles. The summed E-state index contributed by atoms with van der Waals surface area (Å²) in [7, 11) is -3.45. The van der Waals surface area contributed by atoms with E-state index in [1.807, 2.05) is 48.7 Å². The van der Waals surface area contributed by atoms with Crippen LogP contribution in [0.1, 0.15) is 31.3 Å². The molecule has 0 radical (unpaired) electrons. The molecule has 0 bridgehead atoms. The maximum atomic E-state index is 11.9. The fourth-order valence-corrected chi connectivity index (χ4v) is 2.78. The summed E-state index contributed by atoms with van der Waals surface area (Å²) in [5, 5.41) is 9.04. The predicted octanol–water partition coefficient (Wildman–Crippen LogP) is 1.99. The van der Waals surface area contributed by atoms with E-state index in [9.17, 15) is 8.42 Å². The Hall–Kier alpha value is -1.99. The molecule has 6 nitrogen and oxygen atoms in total. The van der Waals surface area contributed by atoms with Gasteiger partial charge in [-0.2, -0.15) is 0 Å². The molecule has 118 valence electrons. The molecule has 0 spiro atoms. The maximum Gasteiger partial charge on any atom is 0.233 e. The smallest absolute Gasteiger partial charge is 0.233 e. The molecule has 0 saturated heterocycles. The van der Waals surface area contributed by atoms with Crippen LogP contribution in [0.3, 0.4) is 0 Å². The molecule has 0 atom stereocenters. The van der Waals surface area contributed by atoms with Crippen molar-refractivity contribution in [3.05, 3.63) is 53.5 Å². The van der Waals surface area contributed by atoms with Crippen LogP contribution in [0.2, 0.25) is 0 Å². The first-order valence-corrected chi connectivity index (χ1v) is 8.64. The van der Waals surface area contributed by atoms with Gasteiger partial charge in [-0.05, 0) is 25.5 Å². The SMILES string of the molecule is CC(C)n1cnnc1CCNS(=O)(=O)C=Cc1ccccc1. The Morgan fingerprint density at radius 3 is 2.68 bits per heavy atom. The normalized spacial score (nSPS) is 12.3. The van der Waals surface area contributed by atoms with Crippen LogP contribution in [0.15, 0.2) is 42.1 Å². The Bertz CT molecular complexity index is 721. The van der Waals surface area contributed by atoms with Crippen LogP contribution in [0.5, 0.6) is 0 Å². The summed E-state index contributed by atoms with van der Waals surface area (Å²) >= 11 is 0. The molecular formula is C15H20N4O2S. The molecule has 22 heavy (non-hydrogen) atoms. The highest BCUT2D eigenvalue weighted by Crippen LogP contribution is 2.07. The van der Waals surface area contributed by atoms with Gasteiger partial charge in [-0.15, -0.1) is 10.2 Å². The highest BCUT2D eigenvalue weighted by atomic mass is 32.2. The maximum absolute atomic E-state index is 11.9. The summed E-state index contributed by atoms with van der Waals surface area (Å²) in [4.78, 5) is 0. The second kappa shape index (κ2) is 7.33. The van der Waals surface area contributed by atoms with Crippen LogP contribution in [-0.4, -0.2) is 29.7 Å². The van der Waals surface area contributed by atoms with E-state index >= 15 is 0 Å². The van der Waals surface area contributed by atoms with Gasteiger partial charge in [-0.1, -0.05) is 30.3 Å². The molecule has 2 aromatic rings. The monoisotopic (exact) mass is 320 g/mol. The van der Waals surface area contributed by atoms with E-state index in [1.54, 1.807) is 12.4 Å².